The van der Waals surface area contributed by atoms with Gasteiger partial charge in [0.1, 0.15) is 12.4 Å². The molecule has 0 radical (unpaired) electrons. The number of benzene rings is 1. The molecule has 7 heteroatoms. The number of rotatable bonds is 8. The number of esters is 1. The molecule has 3 rings (SSSR count). The van der Waals surface area contributed by atoms with E-state index >= 15 is 0 Å². The van der Waals surface area contributed by atoms with Crippen LogP contribution in [0.1, 0.15) is 50.9 Å². The summed E-state index contributed by atoms with van der Waals surface area (Å²) in [7, 11) is 3.90. The Morgan fingerprint density at radius 3 is 2.65 bits per heavy atom. The number of carbonyl (C=O) groups is 2. The number of phenols is 1. The average molecular weight is 467 g/mol. The predicted octanol–water partition coefficient (Wildman–Crippen LogP) is 3.80. The molecular formula is C27H34N2O5. The van der Waals surface area contributed by atoms with Crippen molar-refractivity contribution in [3.8, 4) is 5.75 Å². The Kier molecular flexibility index (Phi) is 7.89. The number of ether oxygens (including phenoxy) is 1. The van der Waals surface area contributed by atoms with Gasteiger partial charge in [0, 0.05) is 28.6 Å². The fraction of sp³-hybridized carbons (Fsp3) is 0.444. The highest BCUT2D eigenvalue weighted by Gasteiger charge is 2.31. The average Bonchev–Trinajstić information content (AvgIpc) is 2.78. The summed E-state index contributed by atoms with van der Waals surface area (Å²) in [4.78, 5) is 31.1. The van der Waals surface area contributed by atoms with Crippen molar-refractivity contribution in [1.82, 2.24) is 9.88 Å². The molecule has 0 amide bonds. The van der Waals surface area contributed by atoms with Crippen molar-refractivity contribution in [2.24, 2.45) is 5.92 Å². The van der Waals surface area contributed by atoms with E-state index in [9.17, 15) is 19.8 Å². The Bertz CT molecular complexity index is 1180. The fourth-order valence-electron chi connectivity index (χ4n) is 4.20. The van der Waals surface area contributed by atoms with Crippen LogP contribution < -0.4 is 0 Å². The zero-order valence-corrected chi connectivity index (χ0v) is 20.8. The standard InChI is InChI=1S/C27H34N2O5/c1-7-15(2)10-18-12-19-21(13-29(5)6)24(31)9-8-23(19)28-25(18)16(3)11-20-22(17(4)30)14-34-27(33)26(20)32/h8-9,11-12,15,26,31-32H,7,10,13-14H2,1-6H3/b16-11+/t15?,26-/m0/s1. The van der Waals surface area contributed by atoms with Crippen LogP contribution in [0.25, 0.3) is 16.5 Å². The molecule has 0 saturated carbocycles. The lowest BCUT2D eigenvalue weighted by molar-refractivity contribution is -0.152. The predicted molar refractivity (Wildman–Crippen MR) is 132 cm³/mol. The number of hydrogen-bond donors (Lipinski definition) is 2. The third-order valence-electron chi connectivity index (χ3n) is 6.30. The number of aliphatic hydroxyl groups is 1. The molecule has 2 heterocycles. The van der Waals surface area contributed by atoms with Gasteiger partial charge in [-0.2, -0.15) is 0 Å². The fourth-order valence-corrected chi connectivity index (χ4v) is 4.20. The van der Waals surface area contributed by atoms with Gasteiger partial charge in [-0.15, -0.1) is 0 Å². The minimum atomic E-state index is -1.51. The Morgan fingerprint density at radius 1 is 1.32 bits per heavy atom. The Labute approximate surface area is 200 Å². The van der Waals surface area contributed by atoms with Gasteiger partial charge >= 0.3 is 5.97 Å². The summed E-state index contributed by atoms with van der Waals surface area (Å²) in [6, 6.07) is 5.54. The van der Waals surface area contributed by atoms with Gasteiger partial charge in [0.25, 0.3) is 0 Å². The number of carbonyl (C=O) groups excluding carboxylic acids is 2. The monoisotopic (exact) mass is 466 g/mol. The number of pyridine rings is 1. The highest BCUT2D eigenvalue weighted by molar-refractivity contribution is 5.99. The van der Waals surface area contributed by atoms with Crippen molar-refractivity contribution >= 4 is 28.2 Å². The molecule has 1 aliphatic heterocycles. The third kappa shape index (κ3) is 5.37. The summed E-state index contributed by atoms with van der Waals surface area (Å²) >= 11 is 0. The molecule has 1 aromatic carbocycles. The maximum atomic E-state index is 12.1. The minimum absolute atomic E-state index is 0.150. The van der Waals surface area contributed by atoms with E-state index in [1.165, 1.54) is 6.92 Å². The first-order valence-electron chi connectivity index (χ1n) is 11.6. The van der Waals surface area contributed by atoms with Crippen LogP contribution in [0.4, 0.5) is 0 Å². The summed E-state index contributed by atoms with van der Waals surface area (Å²) in [6.45, 7) is 8.00. The van der Waals surface area contributed by atoms with Crippen LogP contribution in [0.2, 0.25) is 0 Å². The quantitative estimate of drug-likeness (QED) is 0.571. The highest BCUT2D eigenvalue weighted by Crippen LogP contribution is 2.33. The van der Waals surface area contributed by atoms with E-state index in [2.05, 4.69) is 19.9 Å². The molecule has 0 fully saturated rings. The molecule has 1 unspecified atom stereocenters. The smallest absolute Gasteiger partial charge is 0.340 e. The lowest BCUT2D eigenvalue weighted by Gasteiger charge is -2.22. The molecule has 0 saturated heterocycles. The Hall–Kier alpha value is -3.03. The van der Waals surface area contributed by atoms with E-state index < -0.39 is 12.1 Å². The van der Waals surface area contributed by atoms with Crippen molar-refractivity contribution in [1.29, 1.82) is 0 Å². The Balaban J connectivity index is 2.23. The largest absolute Gasteiger partial charge is 0.508 e. The maximum Gasteiger partial charge on any atom is 0.340 e. The first kappa shape index (κ1) is 25.6. The van der Waals surface area contributed by atoms with E-state index in [1.807, 2.05) is 25.9 Å². The molecule has 2 N–H and O–H groups in total. The molecule has 1 aliphatic rings. The number of aromatic hydroxyl groups is 1. The summed E-state index contributed by atoms with van der Waals surface area (Å²) in [5, 5.41) is 21.9. The van der Waals surface area contributed by atoms with Crippen LogP contribution >= 0.6 is 0 Å². The van der Waals surface area contributed by atoms with Crippen LogP contribution in [-0.2, 0) is 27.3 Å². The summed E-state index contributed by atoms with van der Waals surface area (Å²) in [6.07, 6.45) is 1.94. The highest BCUT2D eigenvalue weighted by atomic mass is 16.5. The molecule has 0 aliphatic carbocycles. The van der Waals surface area contributed by atoms with Crippen LogP contribution in [0.3, 0.4) is 0 Å². The second kappa shape index (κ2) is 10.5. The zero-order chi connectivity index (χ0) is 25.2. The number of cyclic esters (lactones) is 1. The minimum Gasteiger partial charge on any atom is -0.508 e. The number of nitrogens with zero attached hydrogens (tertiary/aromatic N) is 2. The SMILES string of the molecule is CCC(C)Cc1cc2c(CN(C)C)c(O)ccc2nc1/C(C)=C/C1=C(C(C)=O)COC(=O)[C@H]1O. The molecule has 0 bridgehead atoms. The van der Waals surface area contributed by atoms with Gasteiger partial charge in [0.2, 0.25) is 0 Å². The van der Waals surface area contributed by atoms with Crippen molar-refractivity contribution in [2.45, 2.75) is 53.2 Å². The van der Waals surface area contributed by atoms with Crippen LogP contribution in [-0.4, -0.2) is 58.7 Å². The molecule has 34 heavy (non-hydrogen) atoms. The zero-order valence-electron chi connectivity index (χ0n) is 20.8. The first-order chi connectivity index (χ1) is 16.0. The molecular weight excluding hydrogens is 432 g/mol. The molecule has 2 atom stereocenters. The van der Waals surface area contributed by atoms with Gasteiger partial charge in [0.05, 0.1) is 11.2 Å². The molecule has 2 aromatic rings. The van der Waals surface area contributed by atoms with E-state index in [4.69, 9.17) is 9.72 Å². The number of hydrogen-bond acceptors (Lipinski definition) is 7. The maximum absolute atomic E-state index is 12.1. The van der Waals surface area contributed by atoms with E-state index in [0.717, 1.165) is 46.1 Å². The number of allylic oxidation sites excluding steroid dienone is 1. The summed E-state index contributed by atoms with van der Waals surface area (Å²) in [5.74, 6) is -0.375. The Morgan fingerprint density at radius 2 is 2.03 bits per heavy atom. The van der Waals surface area contributed by atoms with E-state index in [1.54, 1.807) is 18.2 Å². The topological polar surface area (TPSA) is 100.0 Å². The second-order valence-electron chi connectivity index (χ2n) is 9.41. The van der Waals surface area contributed by atoms with E-state index in [-0.39, 0.29) is 29.3 Å². The van der Waals surface area contributed by atoms with Crippen LogP contribution in [0.15, 0.2) is 35.4 Å². The number of ketones is 1. The number of Topliss-reactive ketones (excluding diaryl/α,β-unsaturated/α-hetero) is 1. The van der Waals surface area contributed by atoms with Crippen LogP contribution in [0.5, 0.6) is 5.75 Å². The number of aromatic nitrogens is 1. The summed E-state index contributed by atoms with van der Waals surface area (Å²) in [5.41, 5.74) is 4.61. The van der Waals surface area contributed by atoms with Crippen molar-refractivity contribution in [3.63, 3.8) is 0 Å². The molecule has 0 spiro atoms. The second-order valence-corrected chi connectivity index (χ2v) is 9.41. The van der Waals surface area contributed by atoms with Gasteiger partial charge in [-0.3, -0.25) is 4.79 Å². The lowest BCUT2D eigenvalue weighted by Crippen LogP contribution is -2.33. The molecule has 1 aromatic heterocycles. The summed E-state index contributed by atoms with van der Waals surface area (Å²) < 4.78 is 4.95. The van der Waals surface area contributed by atoms with Gasteiger partial charge in [-0.05, 0) is 69.6 Å². The normalized spacial score (nSPS) is 17.9. The van der Waals surface area contributed by atoms with Gasteiger partial charge in [-0.25, -0.2) is 9.78 Å². The van der Waals surface area contributed by atoms with Gasteiger partial charge < -0.3 is 19.8 Å². The number of phenolic OH excluding ortho intramolecular Hbond substituents is 1. The van der Waals surface area contributed by atoms with Crippen molar-refractivity contribution < 1.29 is 24.5 Å². The third-order valence-corrected chi connectivity index (χ3v) is 6.30. The van der Waals surface area contributed by atoms with Crippen molar-refractivity contribution in [3.05, 3.63) is 52.2 Å². The van der Waals surface area contributed by atoms with Gasteiger partial charge in [0.15, 0.2) is 11.9 Å². The lowest BCUT2D eigenvalue weighted by atomic mass is 9.91. The van der Waals surface area contributed by atoms with Crippen LogP contribution in [0, 0.1) is 5.92 Å². The van der Waals surface area contributed by atoms with Crippen molar-refractivity contribution in [2.75, 3.05) is 20.7 Å². The first-order valence-corrected chi connectivity index (χ1v) is 11.6. The molecule has 7 nitrogen and oxygen atoms in total. The number of fused-ring (bicyclic) bond motifs is 1. The van der Waals surface area contributed by atoms with E-state index in [0.29, 0.717) is 12.5 Å². The molecule has 182 valence electrons. The number of aliphatic hydroxyl groups excluding tert-OH is 1. The van der Waals surface area contributed by atoms with Gasteiger partial charge in [-0.1, -0.05) is 26.3 Å².